The minimum absolute atomic E-state index is 0.00191. The van der Waals surface area contributed by atoms with Gasteiger partial charge in [0.15, 0.2) is 0 Å². The molecule has 7 heteroatoms. The first-order valence-electron chi connectivity index (χ1n) is 8.67. The number of nitro benzene ring substituents is 1. The minimum Gasteiger partial charge on any atom is -0.464 e. The molecule has 27 heavy (non-hydrogen) atoms. The van der Waals surface area contributed by atoms with E-state index in [4.69, 9.17) is 13.9 Å². The second-order valence-corrected chi connectivity index (χ2v) is 6.27. The number of nitrogens with zero attached hydrogens (tertiary/aromatic N) is 1. The van der Waals surface area contributed by atoms with Crippen molar-refractivity contribution in [3.05, 3.63) is 80.2 Å². The third kappa shape index (κ3) is 3.06. The quantitative estimate of drug-likeness (QED) is 0.393. The highest BCUT2D eigenvalue weighted by Crippen LogP contribution is 2.42. The summed E-state index contributed by atoms with van der Waals surface area (Å²) in [4.78, 5) is 23.2. The molecule has 138 valence electrons. The third-order valence-corrected chi connectivity index (χ3v) is 4.68. The summed E-state index contributed by atoms with van der Waals surface area (Å²) in [5.41, 5.74) is 1.16. The molecule has 0 bridgehead atoms. The first-order chi connectivity index (χ1) is 13.1. The van der Waals surface area contributed by atoms with E-state index in [1.807, 2.05) is 19.1 Å². The summed E-state index contributed by atoms with van der Waals surface area (Å²) in [6.45, 7) is 2.34. The van der Waals surface area contributed by atoms with E-state index in [1.54, 1.807) is 24.3 Å². The highest BCUT2D eigenvalue weighted by Gasteiger charge is 2.34. The van der Waals surface area contributed by atoms with Gasteiger partial charge in [-0.15, -0.1) is 0 Å². The summed E-state index contributed by atoms with van der Waals surface area (Å²) in [5, 5.41) is 11.6. The lowest BCUT2D eigenvalue weighted by Crippen LogP contribution is -2.32. The van der Waals surface area contributed by atoms with E-state index in [0.717, 1.165) is 5.56 Å². The highest BCUT2D eigenvalue weighted by atomic mass is 16.7. The van der Waals surface area contributed by atoms with Gasteiger partial charge in [0.2, 0.25) is 6.29 Å². The number of rotatable bonds is 4. The number of para-hydroxylation sites is 1. The molecule has 7 nitrogen and oxygen atoms in total. The SMILES string of the molecule is CCO[C@H]1C[C@@H](c2ccc([N+](=O)[O-])cc2)c2c(c3ccccc3oc2=O)O1. The summed E-state index contributed by atoms with van der Waals surface area (Å²) in [6, 6.07) is 13.4. The van der Waals surface area contributed by atoms with Crippen molar-refractivity contribution in [1.82, 2.24) is 0 Å². The lowest BCUT2D eigenvalue weighted by molar-refractivity contribution is -0.384. The van der Waals surface area contributed by atoms with Crippen molar-refractivity contribution in [3.63, 3.8) is 0 Å². The third-order valence-electron chi connectivity index (χ3n) is 4.68. The summed E-state index contributed by atoms with van der Waals surface area (Å²) in [6.07, 6.45) is -0.102. The molecule has 0 fully saturated rings. The lowest BCUT2D eigenvalue weighted by Gasteiger charge is -2.31. The molecule has 0 radical (unpaired) electrons. The Kier molecular flexibility index (Phi) is 4.37. The second-order valence-electron chi connectivity index (χ2n) is 6.27. The van der Waals surface area contributed by atoms with Crippen molar-refractivity contribution in [2.45, 2.75) is 25.6 Å². The van der Waals surface area contributed by atoms with Gasteiger partial charge >= 0.3 is 5.63 Å². The van der Waals surface area contributed by atoms with E-state index in [1.165, 1.54) is 12.1 Å². The lowest BCUT2D eigenvalue weighted by atomic mass is 9.86. The van der Waals surface area contributed by atoms with Crippen molar-refractivity contribution in [1.29, 1.82) is 0 Å². The van der Waals surface area contributed by atoms with Gasteiger partial charge < -0.3 is 13.9 Å². The van der Waals surface area contributed by atoms with E-state index in [9.17, 15) is 14.9 Å². The van der Waals surface area contributed by atoms with Crippen molar-refractivity contribution < 1.29 is 18.8 Å². The first-order valence-corrected chi connectivity index (χ1v) is 8.67. The molecule has 0 aliphatic carbocycles. The van der Waals surface area contributed by atoms with Crippen LogP contribution in [0.1, 0.15) is 30.4 Å². The van der Waals surface area contributed by atoms with Gasteiger partial charge in [-0.2, -0.15) is 0 Å². The Balaban J connectivity index is 1.89. The van der Waals surface area contributed by atoms with Crippen LogP contribution >= 0.6 is 0 Å². The molecule has 3 aromatic rings. The smallest absolute Gasteiger partial charge is 0.343 e. The Labute approximate surface area is 154 Å². The standard InChI is InChI=1S/C20H17NO6/c1-2-25-17-11-15(12-7-9-13(10-8-12)21(23)24)18-19(27-17)14-5-3-4-6-16(14)26-20(18)22/h3-10,15,17H,2,11H2,1H3/t15-,17+/m0/s1. The molecule has 1 aromatic heterocycles. The summed E-state index contributed by atoms with van der Waals surface area (Å²) < 4.78 is 17.2. The van der Waals surface area contributed by atoms with Crippen LogP contribution in [-0.4, -0.2) is 17.8 Å². The minimum atomic E-state index is -0.520. The number of benzene rings is 2. The number of fused-ring (bicyclic) bond motifs is 3. The molecule has 2 atom stereocenters. The van der Waals surface area contributed by atoms with Gasteiger partial charge in [0.1, 0.15) is 11.3 Å². The van der Waals surface area contributed by atoms with Crippen molar-refractivity contribution in [3.8, 4) is 5.75 Å². The summed E-state index contributed by atoms with van der Waals surface area (Å²) in [7, 11) is 0. The molecule has 0 saturated carbocycles. The number of non-ortho nitro benzene ring substituents is 1. The Bertz CT molecular complexity index is 1060. The molecular weight excluding hydrogens is 350 g/mol. The maximum atomic E-state index is 12.7. The van der Waals surface area contributed by atoms with Crippen molar-refractivity contribution >= 4 is 16.7 Å². The number of hydrogen-bond acceptors (Lipinski definition) is 6. The topological polar surface area (TPSA) is 91.8 Å². The van der Waals surface area contributed by atoms with Gasteiger partial charge in [0.25, 0.3) is 5.69 Å². The molecule has 2 heterocycles. The van der Waals surface area contributed by atoms with Crippen LogP contribution in [0.15, 0.2) is 57.7 Å². The average molecular weight is 367 g/mol. The van der Waals surface area contributed by atoms with Crippen LogP contribution in [0.2, 0.25) is 0 Å². The van der Waals surface area contributed by atoms with Crippen LogP contribution in [0.25, 0.3) is 11.0 Å². The molecule has 0 N–H and O–H groups in total. The van der Waals surface area contributed by atoms with Crippen LogP contribution in [0, 0.1) is 10.1 Å². The van der Waals surface area contributed by atoms with Gasteiger partial charge in [-0.1, -0.05) is 24.3 Å². The number of nitro groups is 1. The fourth-order valence-electron chi connectivity index (χ4n) is 3.47. The normalized spacial score (nSPS) is 18.7. The van der Waals surface area contributed by atoms with Crippen molar-refractivity contribution in [2.24, 2.45) is 0 Å². The van der Waals surface area contributed by atoms with Crippen LogP contribution in [0.4, 0.5) is 5.69 Å². The maximum absolute atomic E-state index is 12.7. The number of ether oxygens (including phenoxy) is 2. The first kappa shape index (κ1) is 17.2. The summed E-state index contributed by atoms with van der Waals surface area (Å²) in [5.74, 6) is 0.113. The number of hydrogen-bond donors (Lipinski definition) is 0. The van der Waals surface area contributed by atoms with Crippen LogP contribution in [-0.2, 0) is 4.74 Å². The van der Waals surface area contributed by atoms with Gasteiger partial charge in [-0.3, -0.25) is 10.1 Å². The fraction of sp³-hybridized carbons (Fsp3) is 0.250. The van der Waals surface area contributed by atoms with E-state index >= 15 is 0 Å². The van der Waals surface area contributed by atoms with E-state index in [0.29, 0.717) is 35.3 Å². The zero-order valence-electron chi connectivity index (χ0n) is 14.6. The van der Waals surface area contributed by atoms with Crippen LogP contribution in [0.3, 0.4) is 0 Å². The molecule has 4 rings (SSSR count). The molecule has 2 aromatic carbocycles. The van der Waals surface area contributed by atoms with Gasteiger partial charge in [0.05, 0.1) is 15.9 Å². The largest absolute Gasteiger partial charge is 0.464 e. The maximum Gasteiger partial charge on any atom is 0.343 e. The van der Waals surface area contributed by atoms with Crippen LogP contribution in [0.5, 0.6) is 5.75 Å². The fourth-order valence-corrected chi connectivity index (χ4v) is 3.47. The summed E-state index contributed by atoms with van der Waals surface area (Å²) >= 11 is 0. The Hall–Kier alpha value is -3.19. The Morgan fingerprint density at radius 1 is 1.19 bits per heavy atom. The highest BCUT2D eigenvalue weighted by molar-refractivity contribution is 5.85. The monoisotopic (exact) mass is 367 g/mol. The second kappa shape index (κ2) is 6.85. The van der Waals surface area contributed by atoms with Gasteiger partial charge in [-0.05, 0) is 24.6 Å². The Morgan fingerprint density at radius 3 is 2.63 bits per heavy atom. The predicted octanol–water partition coefficient (Wildman–Crippen LogP) is 3.98. The molecule has 0 saturated heterocycles. The van der Waals surface area contributed by atoms with E-state index in [-0.39, 0.29) is 11.6 Å². The van der Waals surface area contributed by atoms with Crippen LogP contribution < -0.4 is 10.4 Å². The molecule has 0 unspecified atom stereocenters. The average Bonchev–Trinajstić information content (AvgIpc) is 2.68. The molecular formula is C20H17NO6. The molecule has 0 spiro atoms. The molecule has 1 aliphatic rings. The van der Waals surface area contributed by atoms with E-state index in [2.05, 4.69) is 0 Å². The van der Waals surface area contributed by atoms with Gasteiger partial charge in [0, 0.05) is 31.1 Å². The molecule has 0 amide bonds. The zero-order valence-corrected chi connectivity index (χ0v) is 14.6. The van der Waals surface area contributed by atoms with E-state index < -0.39 is 16.8 Å². The Morgan fingerprint density at radius 2 is 1.93 bits per heavy atom. The van der Waals surface area contributed by atoms with Gasteiger partial charge in [-0.25, -0.2) is 4.79 Å². The molecule has 1 aliphatic heterocycles. The zero-order chi connectivity index (χ0) is 19.0. The van der Waals surface area contributed by atoms with Crippen molar-refractivity contribution in [2.75, 3.05) is 6.61 Å². The predicted molar refractivity (Wildman–Crippen MR) is 98.1 cm³/mol.